The van der Waals surface area contributed by atoms with Gasteiger partial charge >= 0.3 is 5.97 Å². The van der Waals surface area contributed by atoms with E-state index < -0.39 is 29.8 Å². The summed E-state index contributed by atoms with van der Waals surface area (Å²) in [6, 6.07) is 11.5. The summed E-state index contributed by atoms with van der Waals surface area (Å²) in [7, 11) is 0. The number of ketones is 2. The molecule has 286 valence electrons. The summed E-state index contributed by atoms with van der Waals surface area (Å²) in [5.41, 5.74) is 13.4. The third-order valence-corrected chi connectivity index (χ3v) is 9.87. The van der Waals surface area contributed by atoms with Gasteiger partial charge in [-0.25, -0.2) is 8.78 Å². The van der Waals surface area contributed by atoms with Crippen LogP contribution in [-0.4, -0.2) is 35.7 Å². The zero-order valence-electron chi connectivity index (χ0n) is 31.7. The Morgan fingerprint density at radius 2 is 1.29 bits per heavy atom. The molecule has 3 atom stereocenters. The third kappa shape index (κ3) is 20.0. The Balaban J connectivity index is 1.79. The van der Waals surface area contributed by atoms with E-state index >= 15 is 0 Å². The first-order valence-corrected chi connectivity index (χ1v) is 19.6. The van der Waals surface area contributed by atoms with E-state index in [4.69, 9.17) is 16.2 Å². The fraction of sp³-hybridized carbons (Fsp3) is 0.651. The Labute approximate surface area is 306 Å². The van der Waals surface area contributed by atoms with Crippen LogP contribution in [0.4, 0.5) is 8.78 Å². The van der Waals surface area contributed by atoms with Gasteiger partial charge < -0.3 is 16.2 Å². The molecule has 0 aromatic heterocycles. The molecule has 2 aromatic rings. The minimum atomic E-state index is -1.04. The average molecular weight is 713 g/mol. The molecule has 8 heteroatoms. The number of Topliss-reactive ketones (excluding diaryl/α,β-unsaturated/α-hetero) is 2. The number of nitrogens with two attached hydrogens (primary N) is 2. The number of halogens is 2. The SMILES string of the molecule is CCCCCCCCCCCCCCCC(=O)OC(C(=O)CCC(C)(C)CCC(=O)CC(N)Cc1cc(F)ccc1F)C(N)Cc1ccccc1. The highest BCUT2D eigenvalue weighted by Gasteiger charge is 2.31. The molecule has 0 spiro atoms. The van der Waals surface area contributed by atoms with Crippen molar-refractivity contribution in [1.82, 2.24) is 0 Å². The number of carbonyl (C=O) groups excluding carboxylic acids is 3. The third-order valence-electron chi connectivity index (χ3n) is 9.87. The Hall–Kier alpha value is -2.97. The lowest BCUT2D eigenvalue weighted by atomic mass is 9.80. The van der Waals surface area contributed by atoms with E-state index in [0.717, 1.165) is 43.0 Å². The second-order valence-electron chi connectivity index (χ2n) is 15.3. The van der Waals surface area contributed by atoms with E-state index in [1.54, 1.807) is 0 Å². The quantitative estimate of drug-likeness (QED) is 0.0642. The van der Waals surface area contributed by atoms with Gasteiger partial charge in [-0.1, -0.05) is 128 Å². The van der Waals surface area contributed by atoms with Gasteiger partial charge in [0.2, 0.25) is 0 Å². The summed E-state index contributed by atoms with van der Waals surface area (Å²) >= 11 is 0. The molecule has 0 saturated heterocycles. The first-order chi connectivity index (χ1) is 24.4. The second kappa shape index (κ2) is 25.1. The van der Waals surface area contributed by atoms with Gasteiger partial charge in [-0.05, 0) is 66.8 Å². The maximum atomic E-state index is 14.0. The van der Waals surface area contributed by atoms with Crippen LogP contribution >= 0.6 is 0 Å². The van der Waals surface area contributed by atoms with Crippen LogP contribution in [0.1, 0.15) is 154 Å². The smallest absolute Gasteiger partial charge is 0.306 e. The Kier molecular flexibility index (Phi) is 21.7. The van der Waals surface area contributed by atoms with Crippen LogP contribution in [0.15, 0.2) is 48.5 Å². The molecular weight excluding hydrogens is 646 g/mol. The van der Waals surface area contributed by atoms with Crippen molar-refractivity contribution in [1.29, 1.82) is 0 Å². The molecule has 0 bridgehead atoms. The molecule has 51 heavy (non-hydrogen) atoms. The zero-order chi connectivity index (χ0) is 37.5. The molecule has 0 amide bonds. The van der Waals surface area contributed by atoms with Crippen LogP contribution in [0, 0.1) is 17.0 Å². The van der Waals surface area contributed by atoms with Gasteiger partial charge in [0.05, 0.1) is 6.04 Å². The van der Waals surface area contributed by atoms with Crippen LogP contribution in [0.3, 0.4) is 0 Å². The first kappa shape index (κ1) is 44.2. The minimum Gasteiger partial charge on any atom is -0.453 e. The van der Waals surface area contributed by atoms with Crippen LogP contribution in [0.25, 0.3) is 0 Å². The van der Waals surface area contributed by atoms with E-state index in [1.807, 2.05) is 44.2 Å². The Morgan fingerprint density at radius 3 is 1.90 bits per heavy atom. The van der Waals surface area contributed by atoms with Crippen molar-refractivity contribution >= 4 is 17.5 Å². The molecule has 0 saturated carbocycles. The first-order valence-electron chi connectivity index (χ1n) is 19.6. The van der Waals surface area contributed by atoms with Crippen LogP contribution in [0.5, 0.6) is 0 Å². The molecule has 2 aromatic carbocycles. The van der Waals surface area contributed by atoms with E-state index in [9.17, 15) is 23.2 Å². The number of hydrogen-bond acceptors (Lipinski definition) is 6. The standard InChI is InChI=1S/C43H66F2N2O4/c1-4-5-6-7-8-9-10-11-12-13-14-15-19-22-41(50)51-42(39(47)29-33-20-17-16-18-21-33)40(49)26-28-43(2,3)27-25-37(48)32-36(46)31-34-30-35(44)23-24-38(34)45/h16-18,20-21,23-24,30,36,39,42H,4-15,19,22,25-29,31-32,46-47H2,1-3H3. The summed E-state index contributed by atoms with van der Waals surface area (Å²) in [6.45, 7) is 6.24. The Bertz CT molecular complexity index is 1290. The van der Waals surface area contributed by atoms with Crippen molar-refractivity contribution in [3.63, 3.8) is 0 Å². The van der Waals surface area contributed by atoms with Gasteiger partial charge in [0, 0.05) is 31.7 Å². The monoisotopic (exact) mass is 712 g/mol. The van der Waals surface area contributed by atoms with E-state index in [-0.39, 0.29) is 60.6 Å². The van der Waals surface area contributed by atoms with E-state index in [0.29, 0.717) is 19.3 Å². The lowest BCUT2D eigenvalue weighted by molar-refractivity contribution is -0.156. The van der Waals surface area contributed by atoms with Crippen LogP contribution < -0.4 is 11.5 Å². The lowest BCUT2D eigenvalue weighted by Gasteiger charge is -2.27. The summed E-state index contributed by atoms with van der Waals surface area (Å²) in [6.07, 6.45) is 17.0. The van der Waals surface area contributed by atoms with Gasteiger partial charge in [-0.3, -0.25) is 14.4 Å². The fourth-order valence-corrected chi connectivity index (χ4v) is 6.53. The van der Waals surface area contributed by atoms with Crippen molar-refractivity contribution in [2.24, 2.45) is 16.9 Å². The van der Waals surface area contributed by atoms with Crippen molar-refractivity contribution in [3.05, 3.63) is 71.3 Å². The highest BCUT2D eigenvalue weighted by molar-refractivity contribution is 5.86. The zero-order valence-corrected chi connectivity index (χ0v) is 31.7. The van der Waals surface area contributed by atoms with Gasteiger partial charge in [0.25, 0.3) is 0 Å². The lowest BCUT2D eigenvalue weighted by Crippen LogP contribution is -2.45. The molecule has 4 N–H and O–H groups in total. The van der Waals surface area contributed by atoms with Gasteiger partial charge in [-0.2, -0.15) is 0 Å². The number of rotatable bonds is 29. The number of hydrogen-bond donors (Lipinski definition) is 2. The van der Waals surface area contributed by atoms with Gasteiger partial charge in [0.1, 0.15) is 17.4 Å². The summed E-state index contributed by atoms with van der Waals surface area (Å²) in [4.78, 5) is 39.2. The summed E-state index contributed by atoms with van der Waals surface area (Å²) in [5.74, 6) is -1.76. The van der Waals surface area contributed by atoms with Gasteiger partial charge in [0.15, 0.2) is 11.9 Å². The number of unbranched alkanes of at least 4 members (excludes halogenated alkanes) is 12. The largest absolute Gasteiger partial charge is 0.453 e. The molecule has 0 aliphatic heterocycles. The maximum absolute atomic E-state index is 14.0. The summed E-state index contributed by atoms with van der Waals surface area (Å²) < 4.78 is 33.3. The number of benzene rings is 2. The number of esters is 1. The topological polar surface area (TPSA) is 112 Å². The normalized spacial score (nSPS) is 13.5. The average Bonchev–Trinajstić information content (AvgIpc) is 3.09. The highest BCUT2D eigenvalue weighted by atomic mass is 19.1. The predicted octanol–water partition coefficient (Wildman–Crippen LogP) is 9.91. The molecule has 6 nitrogen and oxygen atoms in total. The molecule has 2 rings (SSSR count). The second-order valence-corrected chi connectivity index (χ2v) is 15.3. The molecular formula is C43H66F2N2O4. The number of ether oxygens (including phenoxy) is 1. The highest BCUT2D eigenvalue weighted by Crippen LogP contribution is 2.30. The van der Waals surface area contributed by atoms with Crippen molar-refractivity contribution in [2.45, 2.75) is 174 Å². The number of carbonyl (C=O) groups is 3. The summed E-state index contributed by atoms with van der Waals surface area (Å²) in [5, 5.41) is 0. The molecule has 0 radical (unpaired) electrons. The minimum absolute atomic E-state index is 0.0522. The molecule has 0 fully saturated rings. The Morgan fingerprint density at radius 1 is 0.725 bits per heavy atom. The van der Waals surface area contributed by atoms with Crippen molar-refractivity contribution in [2.75, 3.05) is 0 Å². The van der Waals surface area contributed by atoms with Crippen LogP contribution in [0.2, 0.25) is 0 Å². The van der Waals surface area contributed by atoms with E-state index in [2.05, 4.69) is 6.92 Å². The molecule has 0 aliphatic carbocycles. The van der Waals surface area contributed by atoms with E-state index in [1.165, 1.54) is 64.2 Å². The van der Waals surface area contributed by atoms with Crippen LogP contribution in [-0.2, 0) is 32.0 Å². The molecule has 3 unspecified atom stereocenters. The molecule has 0 heterocycles. The fourth-order valence-electron chi connectivity index (χ4n) is 6.53. The van der Waals surface area contributed by atoms with Gasteiger partial charge in [-0.15, -0.1) is 0 Å². The van der Waals surface area contributed by atoms with Crippen molar-refractivity contribution in [3.8, 4) is 0 Å². The van der Waals surface area contributed by atoms with Crippen molar-refractivity contribution < 1.29 is 27.9 Å². The maximum Gasteiger partial charge on any atom is 0.306 e. The molecule has 0 aliphatic rings. The predicted molar refractivity (Wildman–Crippen MR) is 203 cm³/mol.